The Balaban J connectivity index is 1.90. The van der Waals surface area contributed by atoms with Crippen molar-refractivity contribution in [3.63, 3.8) is 0 Å². The first-order valence-corrected chi connectivity index (χ1v) is 10.2. The van der Waals surface area contributed by atoms with Crippen LogP contribution in [-0.4, -0.2) is 58.6 Å². The molecule has 4 atom stereocenters. The quantitative estimate of drug-likeness (QED) is 0.586. The number of rotatable bonds is 6. The molecule has 0 bridgehead atoms. The molecule has 2 aliphatic rings. The van der Waals surface area contributed by atoms with Crippen LogP contribution in [0.25, 0.3) is 0 Å². The third-order valence-electron chi connectivity index (χ3n) is 5.88. The van der Waals surface area contributed by atoms with Crippen molar-refractivity contribution in [2.45, 2.75) is 51.4 Å². The van der Waals surface area contributed by atoms with Gasteiger partial charge in [-0.25, -0.2) is 4.79 Å². The molecule has 3 rings (SSSR count). The highest BCUT2D eigenvalue weighted by atomic mass is 16.6. The molecule has 1 aromatic carbocycles. The summed E-state index contributed by atoms with van der Waals surface area (Å²) in [6, 6.07) is 2.34. The van der Waals surface area contributed by atoms with Crippen LogP contribution in [-0.2, 0) is 19.0 Å². The molecule has 0 fully saturated rings. The lowest BCUT2D eigenvalue weighted by atomic mass is 9.74. The Hall–Kier alpha value is -2.84. The van der Waals surface area contributed by atoms with E-state index in [2.05, 4.69) is 0 Å². The van der Waals surface area contributed by atoms with Gasteiger partial charge in [0, 0.05) is 19.6 Å². The second kappa shape index (κ2) is 8.72. The summed E-state index contributed by atoms with van der Waals surface area (Å²) in [6.07, 6.45) is 3.17. The molecule has 1 heterocycles. The highest BCUT2D eigenvalue weighted by Crippen LogP contribution is 2.39. The first-order valence-electron chi connectivity index (χ1n) is 10.2. The number of methoxy groups -OCH3 is 1. The zero-order valence-electron chi connectivity index (χ0n) is 18.0. The minimum atomic E-state index is -1.96. The van der Waals surface area contributed by atoms with Crippen LogP contribution in [0.2, 0.25) is 0 Å². The van der Waals surface area contributed by atoms with Crippen molar-refractivity contribution in [2.24, 2.45) is 5.92 Å². The van der Waals surface area contributed by atoms with E-state index in [4.69, 9.17) is 14.2 Å². The first-order chi connectivity index (χ1) is 14.6. The number of aromatic hydroxyl groups is 2. The van der Waals surface area contributed by atoms with E-state index in [0.717, 1.165) is 12.5 Å². The van der Waals surface area contributed by atoms with Crippen LogP contribution in [0.1, 0.15) is 42.6 Å². The highest BCUT2D eigenvalue weighted by Gasteiger charge is 2.51. The summed E-state index contributed by atoms with van der Waals surface area (Å²) in [5.41, 5.74) is -1.20. The van der Waals surface area contributed by atoms with E-state index < -0.39 is 35.1 Å². The van der Waals surface area contributed by atoms with Gasteiger partial charge in [-0.2, -0.15) is 0 Å². The van der Waals surface area contributed by atoms with Crippen LogP contribution in [0, 0.1) is 12.8 Å². The number of esters is 1. The van der Waals surface area contributed by atoms with Gasteiger partial charge in [0.05, 0.1) is 24.4 Å². The molecule has 1 unspecified atom stereocenters. The van der Waals surface area contributed by atoms with Crippen molar-refractivity contribution in [1.82, 2.24) is 0 Å². The van der Waals surface area contributed by atoms with Crippen LogP contribution < -0.4 is 0 Å². The standard InChI is InChI=1S/C23H28O8/c1-5-15(29-4)10-16-7-13-8-19(26)23(3,28)21(17(13)11-30-16)31-22(27)20-12(2)6-14(24)9-18(20)25/h6-9,15,17,21,24-25,28H,5,10-11H2,1-4H3/t15?,17-,21+,23-/m1/s1. The van der Waals surface area contributed by atoms with Crippen LogP contribution in [0.15, 0.2) is 35.6 Å². The zero-order valence-corrected chi connectivity index (χ0v) is 18.0. The molecular weight excluding hydrogens is 404 g/mol. The Bertz CT molecular complexity index is 916. The number of hydrogen-bond acceptors (Lipinski definition) is 8. The summed E-state index contributed by atoms with van der Waals surface area (Å²) in [4.78, 5) is 25.5. The van der Waals surface area contributed by atoms with Gasteiger partial charge < -0.3 is 29.5 Å². The zero-order chi connectivity index (χ0) is 22.9. The molecule has 0 saturated heterocycles. The summed E-state index contributed by atoms with van der Waals surface area (Å²) >= 11 is 0. The molecule has 31 heavy (non-hydrogen) atoms. The number of ether oxygens (including phenoxy) is 3. The summed E-state index contributed by atoms with van der Waals surface area (Å²) in [5, 5.41) is 30.5. The van der Waals surface area contributed by atoms with Gasteiger partial charge in [-0.05, 0) is 49.6 Å². The van der Waals surface area contributed by atoms with Crippen molar-refractivity contribution < 1.29 is 39.1 Å². The lowest BCUT2D eigenvalue weighted by Crippen LogP contribution is -2.56. The number of fused-ring (bicyclic) bond motifs is 1. The molecule has 168 valence electrons. The highest BCUT2D eigenvalue weighted by molar-refractivity contribution is 6.00. The normalized spacial score (nSPS) is 26.3. The average molecular weight is 432 g/mol. The van der Waals surface area contributed by atoms with Gasteiger partial charge in [0.2, 0.25) is 0 Å². The van der Waals surface area contributed by atoms with Crippen molar-refractivity contribution in [3.05, 3.63) is 46.7 Å². The van der Waals surface area contributed by atoms with Crippen LogP contribution in [0.5, 0.6) is 11.5 Å². The maximum absolute atomic E-state index is 12.8. The number of phenols is 2. The molecule has 1 aliphatic carbocycles. The lowest BCUT2D eigenvalue weighted by molar-refractivity contribution is -0.151. The van der Waals surface area contributed by atoms with Gasteiger partial charge in [0.1, 0.15) is 23.2 Å². The number of allylic oxidation sites excluding steroid dienone is 1. The fourth-order valence-electron chi connectivity index (χ4n) is 3.99. The number of phenolic OH excluding ortho intramolecular Hbond substituents is 2. The number of hydrogen-bond donors (Lipinski definition) is 3. The van der Waals surface area contributed by atoms with E-state index in [-0.39, 0.29) is 24.0 Å². The van der Waals surface area contributed by atoms with Crippen LogP contribution in [0.4, 0.5) is 0 Å². The molecule has 1 aromatic rings. The second-order valence-electron chi connectivity index (χ2n) is 8.14. The Morgan fingerprint density at radius 3 is 2.65 bits per heavy atom. The van der Waals surface area contributed by atoms with E-state index in [1.807, 2.05) is 6.92 Å². The topological polar surface area (TPSA) is 123 Å². The number of carbonyl (C=O) groups excluding carboxylic acids is 2. The Morgan fingerprint density at radius 2 is 2.03 bits per heavy atom. The lowest BCUT2D eigenvalue weighted by Gasteiger charge is -2.41. The first kappa shape index (κ1) is 22.8. The Kier molecular flexibility index (Phi) is 6.43. The molecule has 0 amide bonds. The van der Waals surface area contributed by atoms with Gasteiger partial charge >= 0.3 is 5.97 Å². The number of aliphatic hydroxyl groups is 1. The summed E-state index contributed by atoms with van der Waals surface area (Å²) in [6.45, 7) is 4.93. The molecule has 0 saturated carbocycles. The van der Waals surface area contributed by atoms with Gasteiger partial charge in [-0.1, -0.05) is 6.92 Å². The van der Waals surface area contributed by atoms with E-state index in [9.17, 15) is 24.9 Å². The van der Waals surface area contributed by atoms with Gasteiger partial charge in [-0.3, -0.25) is 4.79 Å². The molecule has 8 heteroatoms. The van der Waals surface area contributed by atoms with Gasteiger partial charge in [-0.15, -0.1) is 0 Å². The van der Waals surface area contributed by atoms with E-state index in [1.165, 1.54) is 26.0 Å². The third kappa shape index (κ3) is 4.45. The number of aryl methyl sites for hydroxylation is 1. The van der Waals surface area contributed by atoms with Crippen LogP contribution in [0.3, 0.4) is 0 Å². The molecule has 1 aliphatic heterocycles. The number of ketones is 1. The maximum atomic E-state index is 12.8. The van der Waals surface area contributed by atoms with Gasteiger partial charge in [0.15, 0.2) is 11.4 Å². The van der Waals surface area contributed by atoms with E-state index in [1.54, 1.807) is 13.2 Å². The van der Waals surface area contributed by atoms with Crippen LogP contribution >= 0.6 is 0 Å². The molecule has 3 N–H and O–H groups in total. The smallest absolute Gasteiger partial charge is 0.342 e. The summed E-state index contributed by atoms with van der Waals surface area (Å²) in [7, 11) is 1.62. The fourth-order valence-corrected chi connectivity index (χ4v) is 3.99. The SMILES string of the molecule is CCC(CC1=CC2=CC(=O)[C@@](C)(O)[C@@H](OC(=O)c3c(C)cc(O)cc3O)[C@@H]2CO1)OC. The second-order valence-corrected chi connectivity index (χ2v) is 8.14. The number of carbonyl (C=O) groups is 2. The third-order valence-corrected chi connectivity index (χ3v) is 5.88. The summed E-state index contributed by atoms with van der Waals surface area (Å²) < 4.78 is 16.8. The fraction of sp³-hybridized carbons (Fsp3) is 0.478. The summed E-state index contributed by atoms with van der Waals surface area (Å²) in [5.74, 6) is -2.05. The van der Waals surface area contributed by atoms with Crippen molar-refractivity contribution >= 4 is 11.8 Å². The molecule has 0 aromatic heterocycles. The molecular formula is C23H28O8. The minimum Gasteiger partial charge on any atom is -0.508 e. The molecule has 8 nitrogen and oxygen atoms in total. The Labute approximate surface area is 180 Å². The monoisotopic (exact) mass is 432 g/mol. The van der Waals surface area contributed by atoms with E-state index >= 15 is 0 Å². The molecule has 0 spiro atoms. The average Bonchev–Trinajstić information content (AvgIpc) is 2.69. The predicted molar refractivity (Wildman–Crippen MR) is 111 cm³/mol. The molecule has 0 radical (unpaired) electrons. The van der Waals surface area contributed by atoms with Gasteiger partial charge in [0.25, 0.3) is 0 Å². The van der Waals surface area contributed by atoms with E-state index in [0.29, 0.717) is 23.3 Å². The Morgan fingerprint density at radius 1 is 1.32 bits per heavy atom. The minimum absolute atomic E-state index is 0.0279. The predicted octanol–water partition coefficient (Wildman–Crippen LogP) is 2.54. The number of benzene rings is 1. The van der Waals surface area contributed by atoms with Crippen molar-refractivity contribution in [2.75, 3.05) is 13.7 Å². The van der Waals surface area contributed by atoms with Crippen molar-refractivity contribution in [3.8, 4) is 11.5 Å². The largest absolute Gasteiger partial charge is 0.508 e. The van der Waals surface area contributed by atoms with Crippen molar-refractivity contribution in [1.29, 1.82) is 0 Å². The maximum Gasteiger partial charge on any atom is 0.342 e.